The number of benzene rings is 1. The fraction of sp³-hybridized carbons (Fsp3) is 0.320. The molecule has 4 heterocycles. The number of rotatable bonds is 9. The zero-order chi connectivity index (χ0) is 33.9. The molecule has 2 fully saturated rings. The molecule has 0 spiro atoms. The molecule has 0 radical (unpaired) electrons. The standard InChI is InChI=1S/C25H22N6O14S/c1-24(2,21(39)40)45-29-15(11-7-46-23(26)28-11)16(34)27-10-6-43-31(19(10)37)25(22(41)42)5-12(20(38)44-25)30-17(35)8-3-13(32)14(33)4-9(8)18(30)36/h3-4,7,10,12,32-33H,5-6H2,1-2H3,(H2,26,28)(H,27,34)(H,39,40)(H,41,42)/b29-15-. The number of anilines is 1. The number of fused-ring (bicyclic) bond motifs is 1. The number of carboxylic acid groups (broad SMARTS) is 2. The lowest BCUT2D eigenvalue weighted by Crippen LogP contribution is -2.57. The van der Waals surface area contributed by atoms with E-state index in [0.717, 1.165) is 37.3 Å². The van der Waals surface area contributed by atoms with Crippen molar-refractivity contribution in [2.24, 2.45) is 5.16 Å². The number of carbonyl (C=O) groups is 7. The lowest BCUT2D eigenvalue weighted by atomic mass is 10.0. The highest BCUT2D eigenvalue weighted by atomic mass is 32.1. The number of aromatic hydroxyl groups is 2. The van der Waals surface area contributed by atoms with Crippen LogP contribution in [-0.4, -0.2) is 113 Å². The number of hydrogen-bond acceptors (Lipinski definition) is 16. The molecule has 2 saturated heterocycles. The van der Waals surface area contributed by atoms with Gasteiger partial charge in [0, 0.05) is 5.38 Å². The van der Waals surface area contributed by atoms with Crippen molar-refractivity contribution in [2.75, 3.05) is 12.3 Å². The van der Waals surface area contributed by atoms with Crippen molar-refractivity contribution in [2.45, 2.75) is 43.7 Å². The van der Waals surface area contributed by atoms with Crippen LogP contribution in [0, 0.1) is 0 Å². The molecule has 0 saturated carbocycles. The van der Waals surface area contributed by atoms with Gasteiger partial charge in [-0.25, -0.2) is 19.4 Å². The number of hydrogen-bond donors (Lipinski definition) is 6. The van der Waals surface area contributed by atoms with Gasteiger partial charge in [0.15, 0.2) is 22.3 Å². The Hall–Kier alpha value is -5.83. The van der Waals surface area contributed by atoms with Crippen LogP contribution in [0.1, 0.15) is 46.7 Å². The molecule has 3 aliphatic heterocycles. The van der Waals surface area contributed by atoms with E-state index in [1.54, 1.807) is 0 Å². The smallest absolute Gasteiger partial charge is 0.372 e. The van der Waals surface area contributed by atoms with Crippen molar-refractivity contribution < 1.29 is 68.4 Å². The number of aromatic nitrogens is 1. The molecule has 3 unspecified atom stereocenters. The molecule has 0 aliphatic carbocycles. The van der Waals surface area contributed by atoms with Crippen LogP contribution in [0.25, 0.3) is 0 Å². The molecular weight excluding hydrogens is 640 g/mol. The number of phenolic OH excluding ortho intramolecular Hbond substituents is 2. The van der Waals surface area contributed by atoms with E-state index in [-0.39, 0.29) is 27.0 Å². The molecule has 2 aromatic rings. The number of amides is 4. The molecule has 46 heavy (non-hydrogen) atoms. The highest BCUT2D eigenvalue weighted by Crippen LogP contribution is 2.40. The molecule has 242 valence electrons. The second-order valence-electron chi connectivity index (χ2n) is 10.5. The number of nitrogens with two attached hydrogens (primary N) is 1. The lowest BCUT2D eigenvalue weighted by Gasteiger charge is -2.30. The number of cyclic esters (lactones) is 1. The summed E-state index contributed by atoms with van der Waals surface area (Å²) in [5, 5.41) is 46.2. The van der Waals surface area contributed by atoms with Crippen LogP contribution in [0.5, 0.6) is 11.5 Å². The largest absolute Gasteiger partial charge is 0.504 e. The Labute approximate surface area is 259 Å². The van der Waals surface area contributed by atoms with Gasteiger partial charge in [-0.2, -0.15) is 5.06 Å². The fourth-order valence-corrected chi connectivity index (χ4v) is 5.11. The van der Waals surface area contributed by atoms with Crippen molar-refractivity contribution in [1.82, 2.24) is 20.3 Å². The van der Waals surface area contributed by atoms with Gasteiger partial charge in [0.25, 0.3) is 23.6 Å². The molecule has 3 aliphatic rings. The Morgan fingerprint density at radius 2 is 1.74 bits per heavy atom. The van der Waals surface area contributed by atoms with Crippen molar-refractivity contribution in [3.05, 3.63) is 34.3 Å². The first-order valence-corrected chi connectivity index (χ1v) is 13.8. The summed E-state index contributed by atoms with van der Waals surface area (Å²) < 4.78 is 5.07. The quantitative estimate of drug-likeness (QED) is 0.0577. The molecule has 5 rings (SSSR count). The van der Waals surface area contributed by atoms with E-state index < -0.39 is 95.2 Å². The number of hydroxylamine groups is 2. The van der Waals surface area contributed by atoms with Gasteiger partial charge in [0.1, 0.15) is 24.4 Å². The van der Waals surface area contributed by atoms with Crippen LogP contribution in [0.3, 0.4) is 0 Å². The van der Waals surface area contributed by atoms with Crippen LogP contribution < -0.4 is 11.1 Å². The SMILES string of the molecule is CC(C)(O/N=C(\C(=O)NC1CON(C2(C(=O)O)CC(N3C(=O)c4cc(O)c(O)cc4C3=O)C(=O)O2)C1=O)c1csc(N)n1)C(=O)O. The number of oxime groups is 1. The van der Waals surface area contributed by atoms with E-state index >= 15 is 0 Å². The third-order valence-electron chi connectivity index (χ3n) is 7.03. The summed E-state index contributed by atoms with van der Waals surface area (Å²) in [5.41, 5.74) is -0.695. The van der Waals surface area contributed by atoms with Crippen molar-refractivity contribution >= 4 is 63.7 Å². The number of nitrogen functional groups attached to an aromatic ring is 1. The lowest BCUT2D eigenvalue weighted by molar-refractivity contribution is -0.256. The Balaban J connectivity index is 1.37. The first kappa shape index (κ1) is 31.6. The van der Waals surface area contributed by atoms with Crippen molar-refractivity contribution in [1.29, 1.82) is 0 Å². The number of esters is 1. The zero-order valence-electron chi connectivity index (χ0n) is 23.4. The number of aliphatic carboxylic acids is 2. The number of nitrogens with zero attached hydrogens (tertiary/aromatic N) is 4. The molecule has 0 bridgehead atoms. The van der Waals surface area contributed by atoms with Crippen LogP contribution >= 0.6 is 11.3 Å². The second kappa shape index (κ2) is 11.0. The maximum atomic E-state index is 13.4. The molecule has 1 aromatic carbocycles. The van der Waals surface area contributed by atoms with Crippen LogP contribution in [-0.2, 0) is 38.4 Å². The van der Waals surface area contributed by atoms with Crippen LogP contribution in [0.4, 0.5) is 5.13 Å². The van der Waals surface area contributed by atoms with Crippen molar-refractivity contribution in [3.8, 4) is 11.5 Å². The number of ether oxygens (including phenoxy) is 1. The third-order valence-corrected chi connectivity index (χ3v) is 7.71. The normalized spacial score (nSPS) is 23.0. The predicted molar refractivity (Wildman–Crippen MR) is 146 cm³/mol. The maximum absolute atomic E-state index is 13.4. The van der Waals surface area contributed by atoms with Gasteiger partial charge < -0.3 is 41.1 Å². The number of imide groups is 1. The number of phenols is 2. The number of thiazole rings is 1. The monoisotopic (exact) mass is 662 g/mol. The average Bonchev–Trinajstić information content (AvgIpc) is 3.71. The summed E-state index contributed by atoms with van der Waals surface area (Å²) >= 11 is 0.905. The summed E-state index contributed by atoms with van der Waals surface area (Å²) in [7, 11) is 0. The number of carbonyl (C=O) groups excluding carboxylic acids is 5. The van der Waals surface area contributed by atoms with Gasteiger partial charge in [-0.05, 0) is 26.0 Å². The van der Waals surface area contributed by atoms with Crippen LogP contribution in [0.2, 0.25) is 0 Å². The van der Waals surface area contributed by atoms with E-state index in [0.29, 0.717) is 4.90 Å². The summed E-state index contributed by atoms with van der Waals surface area (Å²) in [6.07, 6.45) is -1.00. The Kier molecular flexibility index (Phi) is 7.52. The van der Waals surface area contributed by atoms with Gasteiger partial charge in [-0.15, -0.1) is 11.3 Å². The fourth-order valence-electron chi connectivity index (χ4n) is 4.56. The molecule has 20 nitrogen and oxygen atoms in total. The average molecular weight is 663 g/mol. The molecule has 4 amide bonds. The summed E-state index contributed by atoms with van der Waals surface area (Å²) in [6, 6.07) is -1.93. The molecular formula is C25H22N6O14S. The number of nitrogens with one attached hydrogen (secondary N) is 1. The van der Waals surface area contributed by atoms with Crippen LogP contribution in [0.15, 0.2) is 22.7 Å². The summed E-state index contributed by atoms with van der Waals surface area (Å²) in [4.78, 5) is 104. The molecule has 7 N–H and O–H groups in total. The maximum Gasteiger partial charge on any atom is 0.372 e. The minimum Gasteiger partial charge on any atom is -0.504 e. The minimum atomic E-state index is -2.91. The van der Waals surface area contributed by atoms with Crippen molar-refractivity contribution in [3.63, 3.8) is 0 Å². The Bertz CT molecular complexity index is 1730. The highest BCUT2D eigenvalue weighted by Gasteiger charge is 2.65. The van der Waals surface area contributed by atoms with E-state index in [9.17, 15) is 54.0 Å². The van der Waals surface area contributed by atoms with E-state index in [4.69, 9.17) is 20.1 Å². The minimum absolute atomic E-state index is 0.00659. The van der Waals surface area contributed by atoms with Gasteiger partial charge in [0.2, 0.25) is 5.60 Å². The summed E-state index contributed by atoms with van der Waals surface area (Å²) in [6.45, 7) is 1.60. The predicted octanol–water partition coefficient (Wildman–Crippen LogP) is -1.63. The van der Waals surface area contributed by atoms with E-state index in [2.05, 4.69) is 15.5 Å². The van der Waals surface area contributed by atoms with E-state index in [1.807, 2.05) is 0 Å². The number of carboxylic acids is 2. The molecule has 3 atom stereocenters. The topological polar surface area (TPSA) is 298 Å². The Morgan fingerprint density at radius 3 is 2.26 bits per heavy atom. The highest BCUT2D eigenvalue weighted by molar-refractivity contribution is 7.13. The molecule has 21 heteroatoms. The summed E-state index contributed by atoms with van der Waals surface area (Å²) in [5.74, 6) is -10.8. The zero-order valence-corrected chi connectivity index (χ0v) is 24.3. The van der Waals surface area contributed by atoms with Gasteiger partial charge in [-0.3, -0.25) is 28.9 Å². The van der Waals surface area contributed by atoms with Gasteiger partial charge in [0.05, 0.1) is 17.5 Å². The molecule has 1 aromatic heterocycles. The van der Waals surface area contributed by atoms with Gasteiger partial charge in [-0.1, -0.05) is 5.16 Å². The first-order valence-electron chi connectivity index (χ1n) is 12.9. The third kappa shape index (κ3) is 5.05. The first-order chi connectivity index (χ1) is 21.5. The Morgan fingerprint density at radius 1 is 1.13 bits per heavy atom. The van der Waals surface area contributed by atoms with E-state index in [1.165, 1.54) is 5.38 Å². The second-order valence-corrected chi connectivity index (χ2v) is 11.4. The van der Waals surface area contributed by atoms with Gasteiger partial charge >= 0.3 is 23.6 Å².